The molecule has 1 saturated heterocycles. The Labute approximate surface area is 68.4 Å². The van der Waals surface area contributed by atoms with Crippen molar-refractivity contribution in [2.75, 3.05) is 6.61 Å². The van der Waals surface area contributed by atoms with Crippen LogP contribution in [0.1, 0.15) is 0 Å². The third-order valence-electron chi connectivity index (χ3n) is 1.88. The van der Waals surface area contributed by atoms with Gasteiger partial charge in [0.15, 0.2) is 6.10 Å². The van der Waals surface area contributed by atoms with Crippen LogP contribution in [0.25, 0.3) is 0 Å². The van der Waals surface area contributed by atoms with Gasteiger partial charge in [0, 0.05) is 0 Å². The summed E-state index contributed by atoms with van der Waals surface area (Å²) in [5.74, 6) is -0.785. The van der Waals surface area contributed by atoms with Crippen molar-refractivity contribution >= 4 is 5.91 Å². The molecule has 12 heavy (non-hydrogen) atoms. The minimum absolute atomic E-state index is 0.476. The first-order valence-corrected chi connectivity index (χ1v) is 3.53. The Hall–Kier alpha value is -0.690. The molecule has 0 aliphatic carbocycles. The first-order chi connectivity index (χ1) is 5.57. The van der Waals surface area contributed by atoms with Crippen molar-refractivity contribution in [1.82, 2.24) is 5.32 Å². The average Bonchev–Trinajstić information content (AvgIpc) is 2.08. The third kappa shape index (κ3) is 1.42. The molecule has 5 N–H and O–H groups in total. The van der Waals surface area contributed by atoms with Crippen LogP contribution in [-0.2, 0) is 4.79 Å². The van der Waals surface area contributed by atoms with Gasteiger partial charge in [-0.2, -0.15) is 0 Å². The number of nitrogens with one attached hydrogen (secondary N) is 1. The molecular formula is C6H11NO5. The second-order valence-corrected chi connectivity index (χ2v) is 2.72. The molecule has 0 bridgehead atoms. The number of rotatable bonds is 1. The minimum atomic E-state index is -1.62. The smallest absolute Gasteiger partial charge is 0.252 e. The number of aliphatic hydroxyl groups is 4. The molecule has 0 saturated carbocycles. The summed E-state index contributed by atoms with van der Waals surface area (Å²) in [6, 6.07) is -0.907. The van der Waals surface area contributed by atoms with Crippen LogP contribution in [0, 0.1) is 0 Å². The van der Waals surface area contributed by atoms with Crippen LogP contribution >= 0.6 is 0 Å². The Morgan fingerprint density at radius 2 is 1.83 bits per heavy atom. The van der Waals surface area contributed by atoms with E-state index in [2.05, 4.69) is 5.32 Å². The zero-order valence-electron chi connectivity index (χ0n) is 6.21. The lowest BCUT2D eigenvalue weighted by Gasteiger charge is -2.34. The van der Waals surface area contributed by atoms with Gasteiger partial charge in [-0.1, -0.05) is 0 Å². The summed E-state index contributed by atoms with van der Waals surface area (Å²) < 4.78 is 0. The van der Waals surface area contributed by atoms with Crippen molar-refractivity contribution in [2.24, 2.45) is 0 Å². The van der Waals surface area contributed by atoms with Crippen molar-refractivity contribution in [1.29, 1.82) is 0 Å². The van der Waals surface area contributed by atoms with Crippen LogP contribution in [-0.4, -0.2) is 57.3 Å². The zero-order valence-corrected chi connectivity index (χ0v) is 6.21. The standard InChI is InChI=1S/C6H11NO5/c8-1-2-3(9)4(10)5(11)6(12)7-2/h2-5,8-11H,1H2,(H,7,12)/t2?,3-,4?,5?/m1/s1. The Kier molecular flexibility index (Phi) is 2.63. The van der Waals surface area contributed by atoms with Crippen LogP contribution in [0.3, 0.4) is 0 Å². The van der Waals surface area contributed by atoms with Gasteiger partial charge >= 0.3 is 0 Å². The fourth-order valence-electron chi connectivity index (χ4n) is 1.09. The number of piperidine rings is 1. The van der Waals surface area contributed by atoms with E-state index in [4.69, 9.17) is 20.4 Å². The van der Waals surface area contributed by atoms with Crippen LogP contribution in [0.15, 0.2) is 0 Å². The topological polar surface area (TPSA) is 110 Å². The van der Waals surface area contributed by atoms with E-state index >= 15 is 0 Å². The third-order valence-corrected chi connectivity index (χ3v) is 1.88. The molecular weight excluding hydrogens is 166 g/mol. The summed E-state index contributed by atoms with van der Waals surface area (Å²) in [5.41, 5.74) is 0. The molecule has 0 aromatic carbocycles. The van der Waals surface area contributed by atoms with E-state index in [9.17, 15) is 4.79 Å². The number of amides is 1. The van der Waals surface area contributed by atoms with E-state index in [-0.39, 0.29) is 0 Å². The normalized spacial score (nSPS) is 42.5. The lowest BCUT2D eigenvalue weighted by Crippen LogP contribution is -2.63. The van der Waals surface area contributed by atoms with Gasteiger partial charge < -0.3 is 25.7 Å². The molecule has 1 fully saturated rings. The molecule has 1 rings (SSSR count). The highest BCUT2D eigenvalue weighted by molar-refractivity contribution is 5.82. The first kappa shape index (κ1) is 9.40. The highest BCUT2D eigenvalue weighted by atomic mass is 16.4. The second kappa shape index (κ2) is 3.36. The van der Waals surface area contributed by atoms with Crippen LogP contribution in [0.5, 0.6) is 0 Å². The predicted octanol–water partition coefficient (Wildman–Crippen LogP) is -3.44. The Bertz CT molecular complexity index is 183. The maximum atomic E-state index is 10.8. The molecule has 70 valence electrons. The molecule has 1 heterocycles. The summed E-state index contributed by atoms with van der Waals surface area (Å²) in [6.07, 6.45) is -4.48. The molecule has 0 aromatic rings. The summed E-state index contributed by atoms with van der Waals surface area (Å²) >= 11 is 0. The Morgan fingerprint density at radius 3 is 2.33 bits per heavy atom. The van der Waals surface area contributed by atoms with Gasteiger partial charge in [0.2, 0.25) is 0 Å². The monoisotopic (exact) mass is 177 g/mol. The number of carbonyl (C=O) groups excluding carboxylic acids is 1. The summed E-state index contributed by atoms with van der Waals surface area (Å²) in [6.45, 7) is -0.476. The van der Waals surface area contributed by atoms with Crippen molar-refractivity contribution in [2.45, 2.75) is 24.4 Å². The molecule has 6 nitrogen and oxygen atoms in total. The molecule has 1 aliphatic rings. The van der Waals surface area contributed by atoms with Gasteiger partial charge in [-0.15, -0.1) is 0 Å². The molecule has 0 radical (unpaired) electrons. The summed E-state index contributed by atoms with van der Waals surface area (Å²) in [5, 5.41) is 37.9. The van der Waals surface area contributed by atoms with Gasteiger partial charge in [-0.3, -0.25) is 4.79 Å². The summed E-state index contributed by atoms with van der Waals surface area (Å²) in [7, 11) is 0. The molecule has 1 amide bonds. The van der Waals surface area contributed by atoms with Gasteiger partial charge in [-0.25, -0.2) is 0 Å². The quantitative estimate of drug-likeness (QED) is 0.286. The molecule has 6 heteroatoms. The average molecular weight is 177 g/mol. The number of carbonyl (C=O) groups is 1. The van der Waals surface area contributed by atoms with Gasteiger partial charge in [-0.05, 0) is 0 Å². The molecule has 0 aromatic heterocycles. The van der Waals surface area contributed by atoms with Gasteiger partial charge in [0.1, 0.15) is 12.2 Å². The van der Waals surface area contributed by atoms with Crippen LogP contribution < -0.4 is 5.32 Å². The Balaban J connectivity index is 2.70. The fourth-order valence-corrected chi connectivity index (χ4v) is 1.09. The number of aliphatic hydroxyl groups excluding tert-OH is 4. The zero-order chi connectivity index (χ0) is 9.30. The highest BCUT2D eigenvalue weighted by Crippen LogP contribution is 2.10. The van der Waals surface area contributed by atoms with E-state index in [1.54, 1.807) is 0 Å². The van der Waals surface area contributed by atoms with E-state index < -0.39 is 36.9 Å². The highest BCUT2D eigenvalue weighted by Gasteiger charge is 2.40. The molecule has 1 aliphatic heterocycles. The fraction of sp³-hybridized carbons (Fsp3) is 0.833. The van der Waals surface area contributed by atoms with Gasteiger partial charge in [0.25, 0.3) is 5.91 Å². The van der Waals surface area contributed by atoms with E-state index in [1.807, 2.05) is 0 Å². The van der Waals surface area contributed by atoms with E-state index in [1.165, 1.54) is 0 Å². The van der Waals surface area contributed by atoms with Crippen molar-refractivity contribution in [3.63, 3.8) is 0 Å². The predicted molar refractivity (Wildman–Crippen MR) is 37.0 cm³/mol. The van der Waals surface area contributed by atoms with E-state index in [0.717, 1.165) is 0 Å². The van der Waals surface area contributed by atoms with E-state index in [0.29, 0.717) is 0 Å². The SMILES string of the molecule is O=C1NC(CO)[C@@H](O)C(O)C1O. The maximum Gasteiger partial charge on any atom is 0.252 e. The lowest BCUT2D eigenvalue weighted by atomic mass is 9.96. The maximum absolute atomic E-state index is 10.8. The van der Waals surface area contributed by atoms with Crippen molar-refractivity contribution in [3.8, 4) is 0 Å². The number of hydrogen-bond acceptors (Lipinski definition) is 5. The first-order valence-electron chi connectivity index (χ1n) is 3.53. The largest absolute Gasteiger partial charge is 0.394 e. The molecule has 0 spiro atoms. The van der Waals surface area contributed by atoms with Crippen LogP contribution in [0.4, 0.5) is 0 Å². The van der Waals surface area contributed by atoms with Crippen LogP contribution in [0.2, 0.25) is 0 Å². The molecule has 3 unspecified atom stereocenters. The molecule has 4 atom stereocenters. The number of hydrogen-bond donors (Lipinski definition) is 5. The minimum Gasteiger partial charge on any atom is -0.394 e. The Morgan fingerprint density at radius 1 is 1.25 bits per heavy atom. The lowest BCUT2D eigenvalue weighted by molar-refractivity contribution is -0.155. The van der Waals surface area contributed by atoms with Crippen molar-refractivity contribution in [3.05, 3.63) is 0 Å². The van der Waals surface area contributed by atoms with Crippen molar-refractivity contribution < 1.29 is 25.2 Å². The second-order valence-electron chi connectivity index (χ2n) is 2.72. The van der Waals surface area contributed by atoms with Gasteiger partial charge in [0.05, 0.1) is 12.6 Å². The summed E-state index contributed by atoms with van der Waals surface area (Å²) in [4.78, 5) is 10.8.